The van der Waals surface area contributed by atoms with Crippen LogP contribution in [-0.2, 0) is 0 Å². The van der Waals surface area contributed by atoms with Crippen LogP contribution in [0.4, 0.5) is 0 Å². The number of rotatable bonds is 3. The molecule has 1 aromatic heterocycles. The summed E-state index contributed by atoms with van der Waals surface area (Å²) in [6.07, 6.45) is 11.1. The topological polar surface area (TPSA) is 28.7 Å². The number of allylic oxidation sites excluding steroid dienone is 2. The second-order valence-electron chi connectivity index (χ2n) is 2.55. The van der Waals surface area contributed by atoms with E-state index in [4.69, 9.17) is 0 Å². The van der Waals surface area contributed by atoms with E-state index in [9.17, 15) is 0 Å². The van der Waals surface area contributed by atoms with E-state index in [0.717, 1.165) is 17.7 Å². The van der Waals surface area contributed by atoms with Gasteiger partial charge in [-0.1, -0.05) is 25.2 Å². The van der Waals surface area contributed by atoms with E-state index in [1.54, 1.807) is 0 Å². The molecular weight excluding hydrogens is 148 g/mol. The predicted molar refractivity (Wildman–Crippen MR) is 52.6 cm³/mol. The molecule has 0 saturated carbocycles. The first-order valence-electron chi connectivity index (χ1n) is 4.21. The Morgan fingerprint density at radius 3 is 3.00 bits per heavy atom. The zero-order valence-electron chi connectivity index (χ0n) is 7.54. The SMILES string of the molecule is C/C=C\c1[nH]ncc1/C=C/CC. The van der Waals surface area contributed by atoms with Crippen LogP contribution in [0.5, 0.6) is 0 Å². The fraction of sp³-hybridized carbons (Fsp3) is 0.300. The fourth-order valence-electron chi connectivity index (χ4n) is 0.983. The van der Waals surface area contributed by atoms with Gasteiger partial charge in [0.15, 0.2) is 0 Å². The van der Waals surface area contributed by atoms with Crippen LogP contribution in [0.25, 0.3) is 12.2 Å². The molecule has 0 radical (unpaired) electrons. The van der Waals surface area contributed by atoms with Crippen molar-refractivity contribution < 1.29 is 0 Å². The Kier molecular flexibility index (Phi) is 3.33. The van der Waals surface area contributed by atoms with Gasteiger partial charge in [0.1, 0.15) is 0 Å². The van der Waals surface area contributed by atoms with Gasteiger partial charge in [0.25, 0.3) is 0 Å². The first-order chi connectivity index (χ1) is 5.88. The molecule has 1 aromatic rings. The van der Waals surface area contributed by atoms with Crippen LogP contribution < -0.4 is 0 Å². The number of hydrogen-bond acceptors (Lipinski definition) is 1. The molecule has 0 aliphatic heterocycles. The predicted octanol–water partition coefficient (Wildman–Crippen LogP) is 2.87. The summed E-state index contributed by atoms with van der Waals surface area (Å²) in [5.74, 6) is 0. The van der Waals surface area contributed by atoms with Crippen molar-refractivity contribution in [3.63, 3.8) is 0 Å². The molecule has 0 amide bonds. The normalized spacial score (nSPS) is 11.8. The summed E-state index contributed by atoms with van der Waals surface area (Å²) in [4.78, 5) is 0. The van der Waals surface area contributed by atoms with Crippen LogP contribution in [0.3, 0.4) is 0 Å². The van der Waals surface area contributed by atoms with Gasteiger partial charge >= 0.3 is 0 Å². The van der Waals surface area contributed by atoms with Crippen LogP contribution in [0, 0.1) is 0 Å². The number of hydrogen-bond donors (Lipinski definition) is 1. The molecule has 0 aliphatic rings. The van der Waals surface area contributed by atoms with Gasteiger partial charge in [-0.15, -0.1) is 0 Å². The van der Waals surface area contributed by atoms with Gasteiger partial charge < -0.3 is 0 Å². The molecule has 64 valence electrons. The van der Waals surface area contributed by atoms with Gasteiger partial charge in [-0.05, 0) is 19.4 Å². The van der Waals surface area contributed by atoms with E-state index in [-0.39, 0.29) is 0 Å². The van der Waals surface area contributed by atoms with Gasteiger partial charge in [0.2, 0.25) is 0 Å². The Labute approximate surface area is 73.0 Å². The molecule has 0 fully saturated rings. The Morgan fingerprint density at radius 2 is 2.33 bits per heavy atom. The zero-order valence-corrected chi connectivity index (χ0v) is 7.54. The fourth-order valence-corrected chi connectivity index (χ4v) is 0.983. The summed E-state index contributed by atoms with van der Waals surface area (Å²) < 4.78 is 0. The number of H-pyrrole nitrogens is 1. The van der Waals surface area contributed by atoms with Crippen LogP contribution >= 0.6 is 0 Å². The monoisotopic (exact) mass is 162 g/mol. The van der Waals surface area contributed by atoms with E-state index in [1.165, 1.54) is 0 Å². The largest absolute Gasteiger partial charge is 0.278 e. The molecule has 0 aromatic carbocycles. The van der Waals surface area contributed by atoms with E-state index in [0.29, 0.717) is 0 Å². The molecule has 2 heteroatoms. The van der Waals surface area contributed by atoms with E-state index >= 15 is 0 Å². The lowest BCUT2D eigenvalue weighted by Gasteiger charge is -1.88. The van der Waals surface area contributed by atoms with Crippen molar-refractivity contribution in [1.29, 1.82) is 0 Å². The highest BCUT2D eigenvalue weighted by Gasteiger charge is 1.95. The molecule has 2 nitrogen and oxygen atoms in total. The number of aromatic nitrogens is 2. The summed E-state index contributed by atoms with van der Waals surface area (Å²) in [7, 11) is 0. The van der Waals surface area contributed by atoms with Gasteiger partial charge in [-0.25, -0.2) is 0 Å². The van der Waals surface area contributed by atoms with E-state index < -0.39 is 0 Å². The molecule has 1 rings (SSSR count). The highest BCUT2D eigenvalue weighted by Crippen LogP contribution is 2.08. The summed E-state index contributed by atoms with van der Waals surface area (Å²) in [5.41, 5.74) is 2.22. The van der Waals surface area contributed by atoms with Crippen molar-refractivity contribution in [3.05, 3.63) is 29.6 Å². The maximum atomic E-state index is 3.97. The Balaban J connectivity index is 2.83. The van der Waals surface area contributed by atoms with Crippen LogP contribution in [0.15, 0.2) is 18.3 Å². The third-order valence-electron chi connectivity index (χ3n) is 1.57. The van der Waals surface area contributed by atoms with Crippen molar-refractivity contribution in [2.24, 2.45) is 0 Å². The number of nitrogens with one attached hydrogen (secondary N) is 1. The summed E-state index contributed by atoms with van der Waals surface area (Å²) in [6, 6.07) is 0. The molecule has 0 unspecified atom stereocenters. The first-order valence-corrected chi connectivity index (χ1v) is 4.21. The second-order valence-corrected chi connectivity index (χ2v) is 2.55. The Hall–Kier alpha value is -1.31. The van der Waals surface area contributed by atoms with Crippen molar-refractivity contribution in [1.82, 2.24) is 10.2 Å². The lowest BCUT2D eigenvalue weighted by atomic mass is 10.2. The molecular formula is C10H14N2. The maximum absolute atomic E-state index is 3.97. The average Bonchev–Trinajstić information content (AvgIpc) is 2.50. The summed E-state index contributed by atoms with van der Waals surface area (Å²) >= 11 is 0. The van der Waals surface area contributed by atoms with Crippen LogP contribution in [-0.4, -0.2) is 10.2 Å². The van der Waals surface area contributed by atoms with Gasteiger partial charge in [-0.2, -0.15) is 5.10 Å². The molecule has 1 heterocycles. The third kappa shape index (κ3) is 2.09. The van der Waals surface area contributed by atoms with Crippen molar-refractivity contribution in [3.8, 4) is 0 Å². The van der Waals surface area contributed by atoms with Gasteiger partial charge in [-0.3, -0.25) is 5.10 Å². The molecule has 0 spiro atoms. The zero-order chi connectivity index (χ0) is 8.81. The maximum Gasteiger partial charge on any atom is 0.0646 e. The number of aromatic amines is 1. The third-order valence-corrected chi connectivity index (χ3v) is 1.57. The van der Waals surface area contributed by atoms with Crippen LogP contribution in [0.1, 0.15) is 31.5 Å². The first kappa shape index (κ1) is 8.78. The minimum atomic E-state index is 1.06. The van der Waals surface area contributed by atoms with E-state index in [2.05, 4.69) is 29.3 Å². The highest BCUT2D eigenvalue weighted by atomic mass is 15.1. The summed E-state index contributed by atoms with van der Waals surface area (Å²) in [6.45, 7) is 4.11. The van der Waals surface area contributed by atoms with E-state index in [1.807, 2.05) is 25.3 Å². The second kappa shape index (κ2) is 4.54. The Morgan fingerprint density at radius 1 is 1.50 bits per heavy atom. The standard InChI is InChI=1S/C10H14N2/c1-3-5-7-9-8-11-12-10(9)6-4-2/h4-8H,3H2,1-2H3,(H,11,12)/b6-4-,7-5+. The number of nitrogens with zero attached hydrogens (tertiary/aromatic N) is 1. The molecule has 0 saturated heterocycles. The van der Waals surface area contributed by atoms with Crippen molar-refractivity contribution >= 4 is 12.2 Å². The molecule has 0 atom stereocenters. The smallest absolute Gasteiger partial charge is 0.0646 e. The summed E-state index contributed by atoms with van der Waals surface area (Å²) in [5, 5.41) is 6.89. The highest BCUT2D eigenvalue weighted by molar-refractivity contribution is 5.61. The lowest BCUT2D eigenvalue weighted by molar-refractivity contribution is 1.08. The average molecular weight is 162 g/mol. The Bertz CT molecular complexity index is 282. The lowest BCUT2D eigenvalue weighted by Crippen LogP contribution is -1.74. The quantitative estimate of drug-likeness (QED) is 0.727. The van der Waals surface area contributed by atoms with Gasteiger partial charge in [0, 0.05) is 5.56 Å². The van der Waals surface area contributed by atoms with Crippen LogP contribution in [0.2, 0.25) is 0 Å². The van der Waals surface area contributed by atoms with Gasteiger partial charge in [0.05, 0.1) is 11.9 Å². The van der Waals surface area contributed by atoms with Crippen molar-refractivity contribution in [2.75, 3.05) is 0 Å². The minimum absolute atomic E-state index is 1.06. The molecule has 0 aliphatic carbocycles. The molecule has 0 bridgehead atoms. The minimum Gasteiger partial charge on any atom is -0.278 e. The molecule has 12 heavy (non-hydrogen) atoms. The van der Waals surface area contributed by atoms with Crippen molar-refractivity contribution in [2.45, 2.75) is 20.3 Å². The molecule has 1 N–H and O–H groups in total.